The van der Waals surface area contributed by atoms with Gasteiger partial charge in [0.2, 0.25) is 5.91 Å². The van der Waals surface area contributed by atoms with Crippen LogP contribution in [-0.4, -0.2) is 46.9 Å². The molecule has 0 aliphatic carbocycles. The molecule has 1 aromatic carbocycles. The third-order valence-corrected chi connectivity index (χ3v) is 3.50. The van der Waals surface area contributed by atoms with Crippen molar-refractivity contribution in [1.82, 2.24) is 14.9 Å². The first-order valence-electron chi connectivity index (χ1n) is 8.06. The Bertz CT molecular complexity index is 731. The Morgan fingerprint density at radius 1 is 1.20 bits per heavy atom. The number of hydrogen-bond acceptors (Lipinski definition) is 5. The van der Waals surface area contributed by atoms with Crippen LogP contribution in [0.2, 0.25) is 0 Å². The van der Waals surface area contributed by atoms with E-state index in [1.54, 1.807) is 25.1 Å². The number of hydrogen-bond donors (Lipinski definition) is 1. The molecule has 7 nitrogen and oxygen atoms in total. The molecule has 0 fully saturated rings. The van der Waals surface area contributed by atoms with Crippen LogP contribution in [0.3, 0.4) is 0 Å². The average Bonchev–Trinajstić information content (AvgIpc) is 2.62. The minimum Gasteiger partial charge on any atom is -0.495 e. The van der Waals surface area contributed by atoms with Gasteiger partial charge in [0.15, 0.2) is 0 Å². The Hall–Kier alpha value is -2.96. The maximum absolute atomic E-state index is 12.6. The topological polar surface area (TPSA) is 84.4 Å². The maximum atomic E-state index is 12.6. The summed E-state index contributed by atoms with van der Waals surface area (Å²) in [4.78, 5) is 34.6. The highest BCUT2D eigenvalue weighted by molar-refractivity contribution is 5.98. The van der Waals surface area contributed by atoms with Crippen molar-refractivity contribution in [3.05, 3.63) is 48.0 Å². The lowest BCUT2D eigenvalue weighted by Gasteiger charge is -2.21. The van der Waals surface area contributed by atoms with Crippen molar-refractivity contribution in [3.63, 3.8) is 0 Å². The second-order valence-corrected chi connectivity index (χ2v) is 5.52. The smallest absolute Gasteiger partial charge is 0.274 e. The van der Waals surface area contributed by atoms with Crippen molar-refractivity contribution < 1.29 is 14.3 Å². The summed E-state index contributed by atoms with van der Waals surface area (Å²) in [5.74, 6) is -0.0514. The minimum atomic E-state index is -0.315. The minimum absolute atomic E-state index is 0.0692. The van der Waals surface area contributed by atoms with Crippen molar-refractivity contribution >= 4 is 17.5 Å². The van der Waals surface area contributed by atoms with Gasteiger partial charge in [-0.2, -0.15) is 0 Å². The van der Waals surface area contributed by atoms with E-state index >= 15 is 0 Å². The predicted molar refractivity (Wildman–Crippen MR) is 94.6 cm³/mol. The number of ether oxygens (including phenoxy) is 1. The lowest BCUT2D eigenvalue weighted by Crippen LogP contribution is -2.39. The number of nitrogens with zero attached hydrogens (tertiary/aromatic N) is 3. The molecule has 0 atom stereocenters. The number of carbonyl (C=O) groups excluding carboxylic acids is 2. The van der Waals surface area contributed by atoms with E-state index in [1.807, 2.05) is 13.0 Å². The summed E-state index contributed by atoms with van der Waals surface area (Å²) in [6, 6.07) is 7.12. The van der Waals surface area contributed by atoms with Gasteiger partial charge in [0.1, 0.15) is 18.0 Å². The van der Waals surface area contributed by atoms with Gasteiger partial charge in [-0.15, -0.1) is 0 Å². The number of nitrogens with one attached hydrogen (secondary N) is 1. The van der Waals surface area contributed by atoms with Crippen LogP contribution in [0.1, 0.15) is 29.5 Å². The second-order valence-electron chi connectivity index (χ2n) is 5.52. The monoisotopic (exact) mass is 342 g/mol. The van der Waals surface area contributed by atoms with E-state index in [1.165, 1.54) is 24.4 Å². The number of rotatable bonds is 7. The van der Waals surface area contributed by atoms with Gasteiger partial charge in [0.05, 0.1) is 24.7 Å². The fourth-order valence-electron chi connectivity index (χ4n) is 2.30. The molecule has 0 bridgehead atoms. The molecule has 1 heterocycles. The molecule has 2 rings (SSSR count). The molecule has 0 aliphatic heterocycles. The number of anilines is 1. The largest absolute Gasteiger partial charge is 0.495 e. The third-order valence-electron chi connectivity index (χ3n) is 3.50. The molecule has 0 saturated carbocycles. The van der Waals surface area contributed by atoms with E-state index in [0.717, 1.165) is 12.1 Å². The number of benzene rings is 1. The maximum Gasteiger partial charge on any atom is 0.274 e. The van der Waals surface area contributed by atoms with Crippen molar-refractivity contribution in [1.29, 1.82) is 0 Å². The Kier molecular flexibility index (Phi) is 6.45. The standard InChI is InChI=1S/C18H22N4O3/c1-4-9-22(18(24)15-11-19-13(2)10-20-15)12-17(23)21-14-7-5-6-8-16(14)25-3/h5-8,10-11H,4,9,12H2,1-3H3,(H,21,23). The number of amides is 2. The molecule has 2 amide bonds. The third kappa shape index (κ3) is 5.00. The SMILES string of the molecule is CCCN(CC(=O)Nc1ccccc1OC)C(=O)c1cnc(C)cn1. The molecule has 0 unspecified atom stereocenters. The van der Waals surface area contributed by atoms with Gasteiger partial charge in [-0.1, -0.05) is 19.1 Å². The summed E-state index contributed by atoms with van der Waals surface area (Å²) in [5.41, 5.74) is 1.52. The van der Waals surface area contributed by atoms with E-state index in [2.05, 4.69) is 15.3 Å². The van der Waals surface area contributed by atoms with Crippen molar-refractivity contribution in [3.8, 4) is 5.75 Å². The zero-order valence-corrected chi connectivity index (χ0v) is 14.7. The summed E-state index contributed by atoms with van der Waals surface area (Å²) >= 11 is 0. The molecule has 0 spiro atoms. The van der Waals surface area contributed by atoms with E-state index in [-0.39, 0.29) is 24.1 Å². The fraction of sp³-hybridized carbons (Fsp3) is 0.333. The number of para-hydroxylation sites is 2. The highest BCUT2D eigenvalue weighted by Gasteiger charge is 2.20. The van der Waals surface area contributed by atoms with Crippen LogP contribution in [0.15, 0.2) is 36.7 Å². The Balaban J connectivity index is 2.08. The van der Waals surface area contributed by atoms with Crippen LogP contribution in [0.5, 0.6) is 5.75 Å². The first-order chi connectivity index (χ1) is 12.0. The van der Waals surface area contributed by atoms with Crippen molar-refractivity contribution in [2.75, 3.05) is 25.5 Å². The number of carbonyl (C=O) groups is 2. The molecule has 2 aromatic rings. The molecule has 132 valence electrons. The van der Waals surface area contributed by atoms with Crippen LogP contribution >= 0.6 is 0 Å². The average molecular weight is 342 g/mol. The van der Waals surface area contributed by atoms with Crippen LogP contribution in [0.4, 0.5) is 5.69 Å². The predicted octanol–water partition coefficient (Wildman–Crippen LogP) is 2.28. The lowest BCUT2D eigenvalue weighted by molar-refractivity contribution is -0.116. The lowest BCUT2D eigenvalue weighted by atomic mass is 10.2. The molecular weight excluding hydrogens is 320 g/mol. The summed E-state index contributed by atoms with van der Waals surface area (Å²) < 4.78 is 5.21. The molecule has 0 radical (unpaired) electrons. The Morgan fingerprint density at radius 3 is 2.60 bits per heavy atom. The molecule has 1 aromatic heterocycles. The number of aromatic nitrogens is 2. The van der Waals surface area contributed by atoms with Crippen LogP contribution in [0.25, 0.3) is 0 Å². The van der Waals surface area contributed by atoms with Crippen molar-refractivity contribution in [2.45, 2.75) is 20.3 Å². The number of methoxy groups -OCH3 is 1. The fourth-order valence-corrected chi connectivity index (χ4v) is 2.30. The van der Waals surface area contributed by atoms with E-state index in [9.17, 15) is 9.59 Å². The molecule has 1 N–H and O–H groups in total. The van der Waals surface area contributed by atoms with Gasteiger partial charge in [-0.3, -0.25) is 14.6 Å². The summed E-state index contributed by atoms with van der Waals surface area (Å²) in [6.45, 7) is 4.12. The molecular formula is C18H22N4O3. The highest BCUT2D eigenvalue weighted by atomic mass is 16.5. The van der Waals surface area contributed by atoms with E-state index in [0.29, 0.717) is 18.0 Å². The van der Waals surface area contributed by atoms with E-state index < -0.39 is 0 Å². The molecule has 25 heavy (non-hydrogen) atoms. The highest BCUT2D eigenvalue weighted by Crippen LogP contribution is 2.22. The summed E-state index contributed by atoms with van der Waals surface area (Å²) in [6.07, 6.45) is 3.69. The van der Waals surface area contributed by atoms with Gasteiger partial charge >= 0.3 is 0 Å². The first-order valence-corrected chi connectivity index (χ1v) is 8.06. The van der Waals surface area contributed by atoms with Gasteiger partial charge in [-0.25, -0.2) is 4.98 Å². The zero-order valence-electron chi connectivity index (χ0n) is 14.7. The molecule has 7 heteroatoms. The van der Waals surface area contributed by atoms with Gasteiger partial charge in [0, 0.05) is 12.7 Å². The number of aryl methyl sites for hydroxylation is 1. The summed E-state index contributed by atoms with van der Waals surface area (Å²) in [5, 5.41) is 2.77. The normalized spacial score (nSPS) is 10.2. The zero-order chi connectivity index (χ0) is 18.2. The van der Waals surface area contributed by atoms with Crippen LogP contribution < -0.4 is 10.1 Å². The van der Waals surface area contributed by atoms with Crippen LogP contribution in [0, 0.1) is 6.92 Å². The van der Waals surface area contributed by atoms with Gasteiger partial charge in [-0.05, 0) is 25.5 Å². The van der Waals surface area contributed by atoms with E-state index in [4.69, 9.17) is 4.74 Å². The van der Waals surface area contributed by atoms with Crippen LogP contribution in [-0.2, 0) is 4.79 Å². The Morgan fingerprint density at radius 2 is 1.96 bits per heavy atom. The molecule has 0 saturated heterocycles. The Labute approximate surface area is 147 Å². The summed E-state index contributed by atoms with van der Waals surface area (Å²) in [7, 11) is 1.54. The quantitative estimate of drug-likeness (QED) is 0.834. The van der Waals surface area contributed by atoms with Gasteiger partial charge < -0.3 is 15.0 Å². The first kappa shape index (κ1) is 18.4. The molecule has 0 aliphatic rings. The van der Waals surface area contributed by atoms with Crippen molar-refractivity contribution in [2.24, 2.45) is 0 Å². The van der Waals surface area contributed by atoms with Gasteiger partial charge in [0.25, 0.3) is 5.91 Å². The second kappa shape index (κ2) is 8.77.